The van der Waals surface area contributed by atoms with Gasteiger partial charge in [0.2, 0.25) is 5.95 Å². The van der Waals surface area contributed by atoms with E-state index in [4.69, 9.17) is 5.26 Å². The lowest BCUT2D eigenvalue weighted by Crippen LogP contribution is -2.49. The minimum absolute atomic E-state index is 0.0864. The molecule has 0 bridgehead atoms. The molecule has 8 heteroatoms. The van der Waals surface area contributed by atoms with Crippen molar-refractivity contribution in [2.24, 2.45) is 0 Å². The Balaban J connectivity index is 1.36. The fourth-order valence-electron chi connectivity index (χ4n) is 3.15. The number of amides is 1. The number of benzene rings is 1. The summed E-state index contributed by atoms with van der Waals surface area (Å²) in [6.07, 6.45) is 5.06. The summed E-state index contributed by atoms with van der Waals surface area (Å²) in [5.41, 5.74) is 2.53. The number of hydrogen-bond acceptors (Lipinski definition) is 7. The first kappa shape index (κ1) is 18.4. The molecule has 0 saturated carbocycles. The molecular formula is C21H19N7O. The Kier molecular flexibility index (Phi) is 5.29. The quantitative estimate of drug-likeness (QED) is 0.736. The molecular weight excluding hydrogens is 366 g/mol. The number of pyridine rings is 1. The normalized spacial score (nSPS) is 13.6. The Hall–Kier alpha value is -3.99. The van der Waals surface area contributed by atoms with Gasteiger partial charge in [-0.3, -0.25) is 4.79 Å². The number of carbonyl (C=O) groups excluding carboxylic acids is 1. The maximum Gasteiger partial charge on any atom is 0.272 e. The molecule has 1 aliphatic rings. The second-order valence-corrected chi connectivity index (χ2v) is 6.58. The molecule has 144 valence electrons. The molecule has 1 fully saturated rings. The van der Waals surface area contributed by atoms with E-state index in [-0.39, 0.29) is 5.91 Å². The predicted molar refractivity (Wildman–Crippen MR) is 109 cm³/mol. The van der Waals surface area contributed by atoms with Crippen LogP contribution >= 0.6 is 0 Å². The van der Waals surface area contributed by atoms with Crippen LogP contribution < -0.4 is 10.2 Å². The Labute approximate surface area is 168 Å². The Morgan fingerprint density at radius 1 is 0.966 bits per heavy atom. The van der Waals surface area contributed by atoms with Gasteiger partial charge in [-0.05, 0) is 36.4 Å². The van der Waals surface area contributed by atoms with Crippen LogP contribution in [0.2, 0.25) is 0 Å². The molecule has 3 heterocycles. The molecule has 8 nitrogen and oxygen atoms in total. The van der Waals surface area contributed by atoms with Gasteiger partial charge in [-0.1, -0.05) is 6.07 Å². The molecule has 1 amide bonds. The summed E-state index contributed by atoms with van der Waals surface area (Å²) in [6.45, 7) is 2.56. The number of piperazine rings is 1. The molecule has 1 N–H and O–H groups in total. The van der Waals surface area contributed by atoms with Gasteiger partial charge < -0.3 is 15.1 Å². The van der Waals surface area contributed by atoms with Crippen LogP contribution in [0.4, 0.5) is 17.3 Å². The Morgan fingerprint density at radius 3 is 2.45 bits per heavy atom. The lowest BCUT2D eigenvalue weighted by Gasteiger charge is -2.34. The van der Waals surface area contributed by atoms with Gasteiger partial charge in [0.1, 0.15) is 5.69 Å². The molecule has 1 aromatic carbocycles. The lowest BCUT2D eigenvalue weighted by molar-refractivity contribution is 0.0740. The lowest BCUT2D eigenvalue weighted by atomic mass is 10.2. The molecule has 0 radical (unpaired) electrons. The SMILES string of the molecule is N#Cc1cccc(Nc2ccc(C(=O)N3CCN(c4ncccn4)CC3)nc2)c1. The number of nitrogens with one attached hydrogen (secondary N) is 1. The smallest absolute Gasteiger partial charge is 0.272 e. The van der Waals surface area contributed by atoms with Gasteiger partial charge >= 0.3 is 0 Å². The molecule has 29 heavy (non-hydrogen) atoms. The zero-order valence-corrected chi connectivity index (χ0v) is 15.7. The highest BCUT2D eigenvalue weighted by Gasteiger charge is 2.24. The fraction of sp³-hybridized carbons (Fsp3) is 0.190. The first-order valence-corrected chi connectivity index (χ1v) is 9.27. The summed E-state index contributed by atoms with van der Waals surface area (Å²) in [7, 11) is 0. The van der Waals surface area contributed by atoms with E-state index in [1.807, 2.05) is 18.2 Å². The number of aromatic nitrogens is 3. The molecule has 0 aliphatic carbocycles. The van der Waals surface area contributed by atoms with Crippen LogP contribution in [0.1, 0.15) is 16.1 Å². The largest absolute Gasteiger partial charge is 0.354 e. The molecule has 0 spiro atoms. The van der Waals surface area contributed by atoms with Crippen molar-refractivity contribution in [3.05, 3.63) is 72.3 Å². The highest BCUT2D eigenvalue weighted by atomic mass is 16.2. The summed E-state index contributed by atoms with van der Waals surface area (Å²) in [5, 5.41) is 12.2. The second kappa shape index (κ2) is 8.35. The number of nitriles is 1. The van der Waals surface area contributed by atoms with Gasteiger partial charge in [-0.2, -0.15) is 5.26 Å². The fourth-order valence-corrected chi connectivity index (χ4v) is 3.15. The zero-order valence-electron chi connectivity index (χ0n) is 15.7. The van der Waals surface area contributed by atoms with E-state index < -0.39 is 0 Å². The highest BCUT2D eigenvalue weighted by Crippen LogP contribution is 2.18. The van der Waals surface area contributed by atoms with E-state index in [1.165, 1.54) is 0 Å². The number of anilines is 3. The standard InChI is InChI=1S/C21H19N7O/c22-14-16-3-1-4-17(13-16)26-18-5-6-19(25-15-18)20(29)27-9-11-28(12-10-27)21-23-7-2-8-24-21/h1-8,13,15,26H,9-12H2. The van der Waals surface area contributed by atoms with Gasteiger partial charge in [0.25, 0.3) is 5.91 Å². The van der Waals surface area contributed by atoms with Crippen LogP contribution in [-0.4, -0.2) is 51.9 Å². The molecule has 4 rings (SSSR count). The number of rotatable bonds is 4. The summed E-state index contributed by atoms with van der Waals surface area (Å²) >= 11 is 0. The summed E-state index contributed by atoms with van der Waals surface area (Å²) in [5.74, 6) is 0.602. The van der Waals surface area contributed by atoms with Crippen molar-refractivity contribution in [1.29, 1.82) is 5.26 Å². The van der Waals surface area contributed by atoms with Gasteiger partial charge in [0.05, 0.1) is 23.5 Å². The first-order chi connectivity index (χ1) is 14.2. The number of carbonyl (C=O) groups is 1. The molecule has 0 unspecified atom stereocenters. The molecule has 2 aromatic heterocycles. The summed E-state index contributed by atoms with van der Waals surface area (Å²) in [6, 6.07) is 14.6. The van der Waals surface area contributed by atoms with E-state index in [9.17, 15) is 4.79 Å². The van der Waals surface area contributed by atoms with Crippen LogP contribution in [0, 0.1) is 11.3 Å². The minimum Gasteiger partial charge on any atom is -0.354 e. The van der Waals surface area contributed by atoms with E-state index >= 15 is 0 Å². The summed E-state index contributed by atoms with van der Waals surface area (Å²) < 4.78 is 0. The van der Waals surface area contributed by atoms with E-state index in [1.54, 1.807) is 47.8 Å². The van der Waals surface area contributed by atoms with Gasteiger partial charge in [0, 0.05) is 44.3 Å². The van der Waals surface area contributed by atoms with Crippen LogP contribution in [0.15, 0.2) is 61.1 Å². The molecule has 1 saturated heterocycles. The third-order valence-corrected chi connectivity index (χ3v) is 4.66. The number of hydrogen-bond donors (Lipinski definition) is 1. The van der Waals surface area contributed by atoms with Gasteiger partial charge in [-0.15, -0.1) is 0 Å². The van der Waals surface area contributed by atoms with Crippen molar-refractivity contribution in [1.82, 2.24) is 19.9 Å². The Morgan fingerprint density at radius 2 is 1.76 bits per heavy atom. The average molecular weight is 385 g/mol. The Bertz CT molecular complexity index is 1020. The number of nitrogens with zero attached hydrogens (tertiary/aromatic N) is 6. The van der Waals surface area contributed by atoms with Crippen LogP contribution in [0.25, 0.3) is 0 Å². The maximum absolute atomic E-state index is 12.8. The van der Waals surface area contributed by atoms with Gasteiger partial charge in [0.15, 0.2) is 0 Å². The van der Waals surface area contributed by atoms with Crippen LogP contribution in [-0.2, 0) is 0 Å². The minimum atomic E-state index is -0.0864. The predicted octanol–water partition coefficient (Wildman–Crippen LogP) is 2.45. The second-order valence-electron chi connectivity index (χ2n) is 6.58. The van der Waals surface area contributed by atoms with Gasteiger partial charge in [-0.25, -0.2) is 15.0 Å². The van der Waals surface area contributed by atoms with E-state index in [2.05, 4.69) is 31.2 Å². The first-order valence-electron chi connectivity index (χ1n) is 9.27. The monoisotopic (exact) mass is 385 g/mol. The highest BCUT2D eigenvalue weighted by molar-refractivity contribution is 5.92. The maximum atomic E-state index is 12.8. The van der Waals surface area contributed by atoms with Crippen molar-refractivity contribution >= 4 is 23.2 Å². The average Bonchev–Trinajstić information content (AvgIpc) is 2.80. The molecule has 0 atom stereocenters. The van der Waals surface area contributed by atoms with Crippen molar-refractivity contribution in [2.75, 3.05) is 36.4 Å². The third-order valence-electron chi connectivity index (χ3n) is 4.66. The van der Waals surface area contributed by atoms with Crippen molar-refractivity contribution in [3.8, 4) is 6.07 Å². The summed E-state index contributed by atoms with van der Waals surface area (Å²) in [4.78, 5) is 29.5. The molecule has 1 aliphatic heterocycles. The van der Waals surface area contributed by atoms with Crippen molar-refractivity contribution in [3.63, 3.8) is 0 Å². The topological polar surface area (TPSA) is 98.0 Å². The van der Waals surface area contributed by atoms with E-state index in [0.29, 0.717) is 43.4 Å². The van der Waals surface area contributed by atoms with Crippen LogP contribution in [0.5, 0.6) is 0 Å². The zero-order chi connectivity index (χ0) is 20.1. The van der Waals surface area contributed by atoms with Crippen molar-refractivity contribution < 1.29 is 4.79 Å². The van der Waals surface area contributed by atoms with E-state index in [0.717, 1.165) is 11.4 Å². The molecule has 3 aromatic rings. The van der Waals surface area contributed by atoms with Crippen LogP contribution in [0.3, 0.4) is 0 Å². The third kappa shape index (κ3) is 4.30. The van der Waals surface area contributed by atoms with Crippen molar-refractivity contribution in [2.45, 2.75) is 0 Å².